The maximum absolute atomic E-state index is 13.1. The molecule has 1 fully saturated rings. The molecule has 1 aromatic carbocycles. The zero-order valence-electron chi connectivity index (χ0n) is 10.5. The number of hydrogen-bond acceptors (Lipinski definition) is 2. The van der Waals surface area contributed by atoms with Crippen LogP contribution in [0.1, 0.15) is 25.3 Å². The van der Waals surface area contributed by atoms with E-state index in [-0.39, 0.29) is 11.7 Å². The fraction of sp³-hybridized carbons (Fsp3) is 0.500. The number of hydrogen-bond donors (Lipinski definition) is 1. The van der Waals surface area contributed by atoms with Crippen LogP contribution in [-0.4, -0.2) is 28.6 Å². The molecule has 4 heteroatoms. The summed E-state index contributed by atoms with van der Waals surface area (Å²) in [6.45, 7) is 2.86. The quantitative estimate of drug-likeness (QED) is 0.844. The van der Waals surface area contributed by atoms with E-state index in [1.807, 2.05) is 6.07 Å². The van der Waals surface area contributed by atoms with E-state index >= 15 is 0 Å². The lowest BCUT2D eigenvalue weighted by atomic mass is 10.1. The van der Waals surface area contributed by atoms with Gasteiger partial charge in [-0.3, -0.25) is 9.69 Å². The van der Waals surface area contributed by atoms with Crippen LogP contribution in [0.25, 0.3) is 0 Å². The van der Waals surface area contributed by atoms with E-state index in [4.69, 9.17) is 5.11 Å². The molecule has 1 aliphatic rings. The van der Waals surface area contributed by atoms with Gasteiger partial charge >= 0.3 is 5.97 Å². The van der Waals surface area contributed by atoms with E-state index < -0.39 is 5.97 Å². The molecular weight excluding hydrogens is 233 g/mol. The van der Waals surface area contributed by atoms with E-state index in [1.54, 1.807) is 13.0 Å². The molecule has 3 nitrogen and oxygen atoms in total. The second-order valence-corrected chi connectivity index (χ2v) is 5.03. The van der Waals surface area contributed by atoms with Crippen molar-refractivity contribution in [3.05, 3.63) is 35.6 Å². The Balaban J connectivity index is 2.00. The molecule has 1 aromatic rings. The van der Waals surface area contributed by atoms with Crippen LogP contribution in [0.3, 0.4) is 0 Å². The minimum atomic E-state index is -0.778. The van der Waals surface area contributed by atoms with E-state index in [0.717, 1.165) is 18.4 Å². The standard InChI is InChI=1S/C14H18FNO2/c1-10(14(17)18)8-16(13-5-6-13)9-11-3-2-4-12(15)7-11/h2-4,7,10,13H,5-6,8-9H2,1H3,(H,17,18). The number of carboxylic acid groups (broad SMARTS) is 1. The highest BCUT2D eigenvalue weighted by Gasteiger charge is 2.31. The largest absolute Gasteiger partial charge is 0.481 e. The van der Waals surface area contributed by atoms with Gasteiger partial charge in [-0.2, -0.15) is 0 Å². The molecule has 18 heavy (non-hydrogen) atoms. The van der Waals surface area contributed by atoms with E-state index in [9.17, 15) is 9.18 Å². The molecule has 0 saturated heterocycles. The van der Waals surface area contributed by atoms with Gasteiger partial charge in [0.1, 0.15) is 5.82 Å². The van der Waals surface area contributed by atoms with Gasteiger partial charge in [0.25, 0.3) is 0 Å². The van der Waals surface area contributed by atoms with Gasteiger partial charge in [-0.1, -0.05) is 19.1 Å². The van der Waals surface area contributed by atoms with Crippen molar-refractivity contribution in [1.29, 1.82) is 0 Å². The van der Waals surface area contributed by atoms with E-state index in [2.05, 4.69) is 4.90 Å². The summed E-state index contributed by atoms with van der Waals surface area (Å²) in [5, 5.41) is 8.96. The van der Waals surface area contributed by atoms with Crippen LogP contribution in [0.15, 0.2) is 24.3 Å². The molecule has 0 spiro atoms. The minimum absolute atomic E-state index is 0.241. The van der Waals surface area contributed by atoms with Crippen LogP contribution in [0.5, 0.6) is 0 Å². The molecule has 1 N–H and O–H groups in total. The molecule has 0 radical (unpaired) electrons. The number of carboxylic acids is 1. The Kier molecular flexibility index (Phi) is 3.97. The van der Waals surface area contributed by atoms with Crippen molar-refractivity contribution < 1.29 is 14.3 Å². The highest BCUT2D eigenvalue weighted by atomic mass is 19.1. The Labute approximate surface area is 106 Å². The number of nitrogens with zero attached hydrogens (tertiary/aromatic N) is 1. The molecule has 0 aliphatic heterocycles. The fourth-order valence-electron chi connectivity index (χ4n) is 2.08. The zero-order valence-corrected chi connectivity index (χ0v) is 10.5. The summed E-state index contributed by atoms with van der Waals surface area (Å²) in [6.07, 6.45) is 2.23. The number of carbonyl (C=O) groups is 1. The SMILES string of the molecule is CC(CN(Cc1cccc(F)c1)C1CC1)C(=O)O. The van der Waals surface area contributed by atoms with Gasteiger partial charge in [0.05, 0.1) is 5.92 Å². The Morgan fingerprint density at radius 3 is 2.83 bits per heavy atom. The zero-order chi connectivity index (χ0) is 13.1. The maximum atomic E-state index is 13.1. The van der Waals surface area contributed by atoms with Gasteiger partial charge in [0.2, 0.25) is 0 Å². The summed E-state index contributed by atoms with van der Waals surface area (Å²) in [7, 11) is 0. The second kappa shape index (κ2) is 5.48. The third kappa shape index (κ3) is 3.53. The normalized spacial score (nSPS) is 16.8. The first-order valence-electron chi connectivity index (χ1n) is 6.27. The fourth-order valence-corrected chi connectivity index (χ4v) is 2.08. The molecule has 1 atom stereocenters. The summed E-state index contributed by atoms with van der Waals surface area (Å²) in [5.41, 5.74) is 0.902. The van der Waals surface area contributed by atoms with Crippen LogP contribution in [0, 0.1) is 11.7 Å². The minimum Gasteiger partial charge on any atom is -0.481 e. The molecule has 0 amide bonds. The van der Waals surface area contributed by atoms with E-state index in [0.29, 0.717) is 19.1 Å². The van der Waals surface area contributed by atoms with E-state index in [1.165, 1.54) is 12.1 Å². The van der Waals surface area contributed by atoms with Crippen molar-refractivity contribution in [1.82, 2.24) is 4.90 Å². The van der Waals surface area contributed by atoms with Crippen LogP contribution < -0.4 is 0 Å². The first kappa shape index (κ1) is 13.0. The molecule has 1 saturated carbocycles. The topological polar surface area (TPSA) is 40.5 Å². The Bertz CT molecular complexity index is 432. The third-order valence-electron chi connectivity index (χ3n) is 3.27. The van der Waals surface area contributed by atoms with Crippen molar-refractivity contribution in [2.45, 2.75) is 32.4 Å². The van der Waals surface area contributed by atoms with Crippen molar-refractivity contribution in [3.63, 3.8) is 0 Å². The van der Waals surface area contributed by atoms with Gasteiger partial charge in [-0.05, 0) is 30.5 Å². The van der Waals surface area contributed by atoms with Crippen molar-refractivity contribution >= 4 is 5.97 Å². The number of rotatable bonds is 6. The lowest BCUT2D eigenvalue weighted by Crippen LogP contribution is -2.33. The first-order valence-corrected chi connectivity index (χ1v) is 6.27. The smallest absolute Gasteiger partial charge is 0.307 e. The van der Waals surface area contributed by atoms with Gasteiger partial charge in [0.15, 0.2) is 0 Å². The molecule has 2 rings (SSSR count). The Hall–Kier alpha value is -1.42. The summed E-state index contributed by atoms with van der Waals surface area (Å²) >= 11 is 0. The Morgan fingerprint density at radius 1 is 1.56 bits per heavy atom. The number of benzene rings is 1. The van der Waals surface area contributed by atoms with Crippen LogP contribution in [0.4, 0.5) is 4.39 Å². The second-order valence-electron chi connectivity index (χ2n) is 5.03. The predicted molar refractivity (Wildman–Crippen MR) is 66.6 cm³/mol. The molecule has 0 aromatic heterocycles. The third-order valence-corrected chi connectivity index (χ3v) is 3.27. The average Bonchev–Trinajstić information content (AvgIpc) is 3.11. The molecule has 0 bridgehead atoms. The van der Waals surface area contributed by atoms with Crippen LogP contribution in [0.2, 0.25) is 0 Å². The summed E-state index contributed by atoms with van der Waals surface area (Å²) in [4.78, 5) is 13.0. The number of halogens is 1. The molecule has 98 valence electrons. The summed E-state index contributed by atoms with van der Waals surface area (Å²) in [6, 6.07) is 6.97. The maximum Gasteiger partial charge on any atom is 0.307 e. The lowest BCUT2D eigenvalue weighted by Gasteiger charge is -2.24. The highest BCUT2D eigenvalue weighted by molar-refractivity contribution is 5.69. The van der Waals surface area contributed by atoms with Gasteiger partial charge in [-0.25, -0.2) is 4.39 Å². The van der Waals surface area contributed by atoms with Crippen molar-refractivity contribution in [2.75, 3.05) is 6.54 Å². The average molecular weight is 251 g/mol. The van der Waals surface area contributed by atoms with Crippen LogP contribution >= 0.6 is 0 Å². The van der Waals surface area contributed by atoms with Crippen molar-refractivity contribution in [3.8, 4) is 0 Å². The van der Waals surface area contributed by atoms with Gasteiger partial charge < -0.3 is 5.11 Å². The lowest BCUT2D eigenvalue weighted by molar-refractivity contribution is -0.141. The molecule has 0 heterocycles. The van der Waals surface area contributed by atoms with Gasteiger partial charge in [0, 0.05) is 19.1 Å². The van der Waals surface area contributed by atoms with Crippen LogP contribution in [-0.2, 0) is 11.3 Å². The number of aliphatic carboxylic acids is 1. The molecule has 1 aliphatic carbocycles. The highest BCUT2D eigenvalue weighted by Crippen LogP contribution is 2.29. The molecule has 1 unspecified atom stereocenters. The van der Waals surface area contributed by atoms with Gasteiger partial charge in [-0.15, -0.1) is 0 Å². The summed E-state index contributed by atoms with van der Waals surface area (Å²) in [5.74, 6) is -1.41. The first-order chi connectivity index (χ1) is 8.56. The predicted octanol–water partition coefficient (Wildman–Crippen LogP) is 2.51. The monoisotopic (exact) mass is 251 g/mol. The van der Waals surface area contributed by atoms with Crippen molar-refractivity contribution in [2.24, 2.45) is 5.92 Å². The molecular formula is C14H18FNO2. The summed E-state index contributed by atoms with van der Waals surface area (Å²) < 4.78 is 13.1. The Morgan fingerprint density at radius 2 is 2.28 bits per heavy atom.